The molecule has 3 rings (SSSR count). The molecule has 0 spiro atoms. The molecule has 0 aromatic heterocycles. The summed E-state index contributed by atoms with van der Waals surface area (Å²) in [6.45, 7) is 4.36. The van der Waals surface area contributed by atoms with E-state index in [1.165, 1.54) is 29.8 Å². The fourth-order valence-electron chi connectivity index (χ4n) is 3.05. The van der Waals surface area contributed by atoms with E-state index in [0.29, 0.717) is 5.75 Å². The number of anilines is 2. The number of amides is 2. The summed E-state index contributed by atoms with van der Waals surface area (Å²) in [5.74, 6) is 0.461. The molecule has 0 saturated carbocycles. The van der Waals surface area contributed by atoms with Crippen molar-refractivity contribution in [2.45, 2.75) is 31.6 Å². The van der Waals surface area contributed by atoms with Crippen molar-refractivity contribution in [1.29, 1.82) is 0 Å². The number of hydrogen-bond acceptors (Lipinski definition) is 3. The number of benzene rings is 2. The van der Waals surface area contributed by atoms with Gasteiger partial charge in [0.25, 0.3) is 0 Å². The van der Waals surface area contributed by atoms with Crippen molar-refractivity contribution < 1.29 is 9.59 Å². The number of rotatable bonds is 4. The number of hydrogen-bond donors (Lipinski definition) is 1. The highest BCUT2D eigenvalue weighted by atomic mass is 32.2. The van der Waals surface area contributed by atoms with Gasteiger partial charge >= 0.3 is 0 Å². The second-order valence-corrected chi connectivity index (χ2v) is 7.32. The first-order chi connectivity index (χ1) is 12.0. The number of nitrogens with zero attached hydrogens (tertiary/aromatic N) is 1. The maximum atomic E-state index is 12.7. The van der Waals surface area contributed by atoms with Crippen molar-refractivity contribution in [2.24, 2.45) is 0 Å². The number of thioether (sulfide) groups is 1. The number of aryl methyl sites for hydroxylation is 2. The molecule has 25 heavy (non-hydrogen) atoms. The summed E-state index contributed by atoms with van der Waals surface area (Å²) >= 11 is 1.52. The molecule has 2 aromatic rings. The number of carbonyl (C=O) groups is 2. The van der Waals surface area contributed by atoms with Crippen LogP contribution in [0.25, 0.3) is 0 Å². The van der Waals surface area contributed by atoms with E-state index in [1.807, 2.05) is 29.2 Å². The topological polar surface area (TPSA) is 49.4 Å². The van der Waals surface area contributed by atoms with Crippen molar-refractivity contribution in [1.82, 2.24) is 0 Å². The van der Waals surface area contributed by atoms with Crippen LogP contribution in [-0.2, 0) is 16.0 Å². The van der Waals surface area contributed by atoms with Gasteiger partial charge in [-0.05, 0) is 55.7 Å². The summed E-state index contributed by atoms with van der Waals surface area (Å²) in [6.07, 6.45) is 2.05. The van der Waals surface area contributed by atoms with Gasteiger partial charge in [-0.2, -0.15) is 0 Å². The highest BCUT2D eigenvalue weighted by Gasteiger charge is 2.22. The largest absolute Gasteiger partial charge is 0.326 e. The van der Waals surface area contributed by atoms with Crippen LogP contribution in [0, 0.1) is 6.92 Å². The van der Waals surface area contributed by atoms with Crippen molar-refractivity contribution in [3.63, 3.8) is 0 Å². The summed E-state index contributed by atoms with van der Waals surface area (Å²) in [7, 11) is 0. The van der Waals surface area contributed by atoms with Gasteiger partial charge < -0.3 is 10.2 Å². The minimum atomic E-state index is -0.0884. The normalized spacial score (nSPS) is 13.3. The van der Waals surface area contributed by atoms with Crippen LogP contribution in [-0.4, -0.2) is 24.1 Å². The second-order valence-electron chi connectivity index (χ2n) is 6.28. The van der Waals surface area contributed by atoms with Crippen molar-refractivity contribution in [3.05, 3.63) is 53.6 Å². The third-order valence-electron chi connectivity index (χ3n) is 4.19. The van der Waals surface area contributed by atoms with E-state index in [-0.39, 0.29) is 11.8 Å². The molecule has 0 aliphatic carbocycles. The molecule has 1 aliphatic rings. The quantitative estimate of drug-likeness (QED) is 0.844. The molecule has 0 bridgehead atoms. The molecule has 0 radical (unpaired) electrons. The molecule has 0 unspecified atom stereocenters. The Morgan fingerprint density at radius 2 is 1.92 bits per heavy atom. The summed E-state index contributed by atoms with van der Waals surface area (Å²) in [5.41, 5.74) is 4.33. The van der Waals surface area contributed by atoms with Crippen LogP contribution in [0.2, 0.25) is 0 Å². The van der Waals surface area contributed by atoms with Crippen molar-refractivity contribution in [3.8, 4) is 0 Å². The van der Waals surface area contributed by atoms with Crippen LogP contribution in [0.4, 0.5) is 11.4 Å². The zero-order valence-corrected chi connectivity index (χ0v) is 15.4. The predicted octanol–water partition coefficient (Wildman–Crippen LogP) is 4.02. The molecule has 0 saturated heterocycles. The van der Waals surface area contributed by atoms with Crippen LogP contribution < -0.4 is 10.2 Å². The Hall–Kier alpha value is -2.27. The maximum Gasteiger partial charge on any atom is 0.237 e. The average molecular weight is 354 g/mol. The maximum absolute atomic E-state index is 12.7. The second kappa shape index (κ2) is 7.74. The molecule has 0 fully saturated rings. The summed E-state index contributed by atoms with van der Waals surface area (Å²) in [6, 6.07) is 13.9. The summed E-state index contributed by atoms with van der Waals surface area (Å²) in [4.78, 5) is 26.7. The Morgan fingerprint density at radius 1 is 1.16 bits per heavy atom. The lowest BCUT2D eigenvalue weighted by Crippen LogP contribution is -2.36. The van der Waals surface area contributed by atoms with E-state index in [4.69, 9.17) is 0 Å². The van der Waals surface area contributed by atoms with Crippen molar-refractivity contribution >= 4 is 35.0 Å². The third-order valence-corrected chi connectivity index (χ3v) is 5.19. The zero-order chi connectivity index (χ0) is 17.8. The van der Waals surface area contributed by atoms with E-state index in [2.05, 4.69) is 30.4 Å². The third kappa shape index (κ3) is 4.42. The number of fused-ring (bicyclic) bond motifs is 1. The minimum Gasteiger partial charge on any atom is -0.326 e. The molecule has 0 atom stereocenters. The fraction of sp³-hybridized carbons (Fsp3) is 0.300. The first-order valence-corrected chi connectivity index (χ1v) is 9.42. The monoisotopic (exact) mass is 354 g/mol. The van der Waals surface area contributed by atoms with Gasteiger partial charge in [-0.3, -0.25) is 9.59 Å². The fourth-order valence-corrected chi connectivity index (χ4v) is 3.82. The zero-order valence-electron chi connectivity index (χ0n) is 14.5. The number of carbonyl (C=O) groups excluding carboxylic acids is 2. The van der Waals surface area contributed by atoms with E-state index < -0.39 is 0 Å². The van der Waals surface area contributed by atoms with Crippen LogP contribution in [0.1, 0.15) is 24.5 Å². The van der Waals surface area contributed by atoms with Crippen LogP contribution in [0.5, 0.6) is 0 Å². The Morgan fingerprint density at radius 3 is 2.64 bits per heavy atom. The Bertz CT molecular complexity index is 787. The molecular formula is C20H22N2O2S. The van der Waals surface area contributed by atoms with Gasteiger partial charge in [-0.15, -0.1) is 11.8 Å². The molecule has 2 amide bonds. The van der Waals surface area contributed by atoms with Gasteiger partial charge in [0.15, 0.2) is 0 Å². The molecule has 4 nitrogen and oxygen atoms in total. The average Bonchev–Trinajstić information content (AvgIpc) is 2.59. The van der Waals surface area contributed by atoms with E-state index >= 15 is 0 Å². The lowest BCUT2D eigenvalue weighted by Gasteiger charge is -2.29. The molecule has 130 valence electrons. The highest BCUT2D eigenvalue weighted by Crippen LogP contribution is 2.29. The van der Waals surface area contributed by atoms with Crippen LogP contribution in [0.3, 0.4) is 0 Å². The Labute approximate surface area is 152 Å². The molecular weight excluding hydrogens is 332 g/mol. The molecule has 1 heterocycles. The van der Waals surface area contributed by atoms with Gasteiger partial charge in [0, 0.05) is 29.7 Å². The number of nitrogens with one attached hydrogen (secondary N) is 1. The Balaban J connectivity index is 1.63. The van der Waals surface area contributed by atoms with Gasteiger partial charge in [0.05, 0.1) is 5.75 Å². The van der Waals surface area contributed by atoms with Gasteiger partial charge in [-0.1, -0.05) is 17.7 Å². The van der Waals surface area contributed by atoms with Crippen LogP contribution >= 0.6 is 11.8 Å². The molecule has 5 heteroatoms. The summed E-state index contributed by atoms with van der Waals surface area (Å²) < 4.78 is 0. The first-order valence-electron chi connectivity index (χ1n) is 8.43. The van der Waals surface area contributed by atoms with E-state index in [1.54, 1.807) is 0 Å². The highest BCUT2D eigenvalue weighted by molar-refractivity contribution is 8.00. The lowest BCUT2D eigenvalue weighted by atomic mass is 9.99. The molecule has 1 aliphatic heterocycles. The SMILES string of the molecule is CC(=O)Nc1ccc(SCC(=O)N2CCCc3cc(C)ccc32)cc1. The molecule has 1 N–H and O–H groups in total. The first kappa shape index (κ1) is 17.5. The van der Waals surface area contributed by atoms with Crippen LogP contribution in [0.15, 0.2) is 47.4 Å². The lowest BCUT2D eigenvalue weighted by molar-refractivity contribution is -0.116. The minimum absolute atomic E-state index is 0.0884. The van der Waals surface area contributed by atoms with Crippen molar-refractivity contribution in [2.75, 3.05) is 22.5 Å². The predicted molar refractivity (Wildman–Crippen MR) is 103 cm³/mol. The van der Waals surface area contributed by atoms with E-state index in [0.717, 1.165) is 35.7 Å². The smallest absolute Gasteiger partial charge is 0.237 e. The van der Waals surface area contributed by atoms with E-state index in [9.17, 15) is 9.59 Å². The Kier molecular flexibility index (Phi) is 5.43. The summed E-state index contributed by atoms with van der Waals surface area (Å²) in [5, 5.41) is 2.74. The van der Waals surface area contributed by atoms with Gasteiger partial charge in [-0.25, -0.2) is 0 Å². The standard InChI is InChI=1S/C20H22N2O2S/c1-14-5-10-19-16(12-14)4-3-11-22(19)20(24)13-25-18-8-6-17(7-9-18)21-15(2)23/h5-10,12H,3-4,11,13H2,1-2H3,(H,21,23). The van der Waals surface area contributed by atoms with Gasteiger partial charge in [0.2, 0.25) is 11.8 Å². The molecule has 2 aromatic carbocycles. The van der Waals surface area contributed by atoms with Gasteiger partial charge in [0.1, 0.15) is 0 Å².